The van der Waals surface area contributed by atoms with Crippen LogP contribution in [0, 0.1) is 0 Å². The zero-order chi connectivity index (χ0) is 44.4. The van der Waals surface area contributed by atoms with Crippen molar-refractivity contribution >= 4 is 32.6 Å². The van der Waals surface area contributed by atoms with Crippen LogP contribution < -0.4 is 4.74 Å². The van der Waals surface area contributed by atoms with Gasteiger partial charge in [0.05, 0.1) is 39.8 Å². The van der Waals surface area contributed by atoms with E-state index in [0.717, 1.165) is 4.57 Å². The molecule has 0 spiro atoms. The molecule has 0 atom stereocenters. The molecule has 1 aromatic heterocycles. The number of fused-ring (bicyclic) bond motifs is 7. The standard InChI is InChI=1S/C37H27NO/c1-37(2)31-14-8-9-15-34(31)39-35-21-18-25(22-32(35)37)26-17-19-29-30-20-16-24-10-6-7-13-28(24)36(30)38(33(29)23-26)27-11-4-3-5-12-27/h3-23H,1-2H3/i3D,4D,5D,6D,7D,8D,9D,10D,11D,12D,13D,14D,15D,16D,17D,18D,19D,20D,21D,22D,23D. The number of ether oxygens (including phenoxy) is 1. The molecule has 2 heteroatoms. The molecule has 0 N–H and O–H groups in total. The molecule has 0 saturated carbocycles. The fourth-order valence-electron chi connectivity index (χ4n) is 4.94. The predicted molar refractivity (Wildman–Crippen MR) is 162 cm³/mol. The first kappa shape index (κ1) is 9.73. The second kappa shape index (κ2) is 8.09. The third kappa shape index (κ3) is 3.21. The van der Waals surface area contributed by atoms with Crippen molar-refractivity contribution in [3.05, 3.63) is 138 Å². The van der Waals surface area contributed by atoms with Crippen molar-refractivity contribution in [1.82, 2.24) is 4.57 Å². The molecule has 1 aliphatic heterocycles. The van der Waals surface area contributed by atoms with Crippen molar-refractivity contribution in [3.63, 3.8) is 0 Å². The average molecular weight is 523 g/mol. The molecule has 8 rings (SSSR count). The minimum absolute atomic E-state index is 0.0849. The van der Waals surface area contributed by atoms with E-state index in [0.29, 0.717) is 0 Å². The van der Waals surface area contributed by atoms with Gasteiger partial charge in [-0.25, -0.2) is 0 Å². The normalized spacial score (nSPS) is 21.3. The number of hydrogen-bond acceptors (Lipinski definition) is 1. The monoisotopic (exact) mass is 522 g/mol. The lowest BCUT2D eigenvalue weighted by molar-refractivity contribution is 0.418. The van der Waals surface area contributed by atoms with Gasteiger partial charge in [0.15, 0.2) is 0 Å². The van der Waals surface area contributed by atoms with Gasteiger partial charge >= 0.3 is 0 Å². The van der Waals surface area contributed by atoms with Crippen molar-refractivity contribution in [2.75, 3.05) is 0 Å². The van der Waals surface area contributed by atoms with Crippen LogP contribution in [0.15, 0.2) is 127 Å². The lowest BCUT2D eigenvalue weighted by Gasteiger charge is -2.34. The summed E-state index contributed by atoms with van der Waals surface area (Å²) in [6, 6.07) is -15.8. The molecule has 0 radical (unpaired) electrons. The minimum Gasteiger partial charge on any atom is -0.457 e. The SMILES string of the molecule is [2H]c1c([2H])c([2H])c(-n2c3c([2H])c(-c4c([2H])c([2H])c5c(c4[2H])C(C)(C)c4c([2H])c([2H])c([2H])c([2H])c4O5)c([2H])c([2H])c3c3c([2H])c([2H])c4c([2H])c([2H])c([2H])c([2H])c4c32)c([2H])c1[2H]. The first-order valence-electron chi connectivity index (χ1n) is 22.3. The zero-order valence-electron chi connectivity index (χ0n) is 41.4. The highest BCUT2D eigenvalue weighted by Crippen LogP contribution is 2.49. The lowest BCUT2D eigenvalue weighted by Crippen LogP contribution is -2.24. The summed E-state index contributed by atoms with van der Waals surface area (Å²) in [5, 5.41) is -1.84. The van der Waals surface area contributed by atoms with E-state index in [4.69, 9.17) is 28.0 Å². The van der Waals surface area contributed by atoms with Crippen LogP contribution in [0.4, 0.5) is 0 Å². The van der Waals surface area contributed by atoms with Gasteiger partial charge in [0, 0.05) is 38.4 Å². The summed E-state index contributed by atoms with van der Waals surface area (Å²) in [7, 11) is 0. The third-order valence-electron chi connectivity index (χ3n) is 6.81. The van der Waals surface area contributed by atoms with Crippen LogP contribution in [0.5, 0.6) is 11.5 Å². The van der Waals surface area contributed by atoms with Crippen molar-refractivity contribution in [3.8, 4) is 28.3 Å². The molecule has 2 heterocycles. The van der Waals surface area contributed by atoms with Crippen molar-refractivity contribution < 1.29 is 33.5 Å². The summed E-state index contributed by atoms with van der Waals surface area (Å²) in [5.41, 5.74) is -4.72. The highest BCUT2D eigenvalue weighted by Gasteiger charge is 2.34. The summed E-state index contributed by atoms with van der Waals surface area (Å²) < 4.78 is 192. The predicted octanol–water partition coefficient (Wildman–Crippen LogP) is 10.0. The Labute approximate surface area is 257 Å². The largest absolute Gasteiger partial charge is 0.457 e. The Bertz CT molecular complexity index is 3200. The molecule has 0 saturated heterocycles. The molecule has 0 amide bonds. The Kier molecular flexibility index (Phi) is 2.02. The maximum Gasteiger partial charge on any atom is 0.131 e. The van der Waals surface area contributed by atoms with E-state index >= 15 is 0 Å². The van der Waals surface area contributed by atoms with Crippen molar-refractivity contribution in [2.24, 2.45) is 0 Å². The van der Waals surface area contributed by atoms with Gasteiger partial charge in [0.25, 0.3) is 0 Å². The van der Waals surface area contributed by atoms with Gasteiger partial charge in [-0.2, -0.15) is 0 Å². The fraction of sp³-hybridized carbons (Fsp3) is 0.0811. The number of benzene rings is 6. The molecule has 6 aromatic carbocycles. The topological polar surface area (TPSA) is 14.2 Å². The fourth-order valence-corrected chi connectivity index (χ4v) is 4.94. The van der Waals surface area contributed by atoms with Crippen LogP contribution in [-0.4, -0.2) is 4.57 Å². The number of rotatable bonds is 2. The molecule has 0 aliphatic carbocycles. The molecule has 0 unspecified atom stereocenters. The van der Waals surface area contributed by atoms with Crippen LogP contribution in [0.3, 0.4) is 0 Å². The first-order valence-corrected chi connectivity index (χ1v) is 11.8. The summed E-state index contributed by atoms with van der Waals surface area (Å²) in [5.74, 6) is -0.735. The van der Waals surface area contributed by atoms with Crippen LogP contribution in [-0.2, 0) is 5.41 Å². The van der Waals surface area contributed by atoms with Gasteiger partial charge in [-0.15, -0.1) is 0 Å². The zero-order valence-corrected chi connectivity index (χ0v) is 20.4. The van der Waals surface area contributed by atoms with E-state index in [-0.39, 0.29) is 16.9 Å². The smallest absolute Gasteiger partial charge is 0.131 e. The van der Waals surface area contributed by atoms with E-state index in [2.05, 4.69) is 0 Å². The molecule has 39 heavy (non-hydrogen) atoms. The molecular formula is C37H27NO. The van der Waals surface area contributed by atoms with Crippen LogP contribution >= 0.6 is 0 Å². The minimum atomic E-state index is -1.55. The van der Waals surface area contributed by atoms with Crippen LogP contribution in [0.1, 0.15) is 53.8 Å². The maximum atomic E-state index is 9.77. The Morgan fingerprint density at radius 2 is 1.28 bits per heavy atom. The van der Waals surface area contributed by atoms with E-state index in [1.54, 1.807) is 0 Å². The van der Waals surface area contributed by atoms with Gasteiger partial charge in [-0.1, -0.05) is 104 Å². The van der Waals surface area contributed by atoms with Gasteiger partial charge < -0.3 is 9.30 Å². The number of nitrogens with zero attached hydrogens (tertiary/aromatic N) is 1. The lowest BCUT2D eigenvalue weighted by atomic mass is 9.75. The highest BCUT2D eigenvalue weighted by atomic mass is 16.5. The summed E-state index contributed by atoms with van der Waals surface area (Å²) >= 11 is 0. The average Bonchev–Trinajstić information content (AvgIpc) is 3.55. The van der Waals surface area contributed by atoms with Crippen LogP contribution in [0.2, 0.25) is 0 Å². The van der Waals surface area contributed by atoms with Crippen molar-refractivity contribution in [2.45, 2.75) is 19.3 Å². The maximum absolute atomic E-state index is 9.77. The van der Waals surface area contributed by atoms with E-state index in [1.807, 2.05) is 0 Å². The molecule has 0 bridgehead atoms. The quantitative estimate of drug-likeness (QED) is 0.220. The van der Waals surface area contributed by atoms with E-state index in [9.17, 15) is 5.48 Å². The van der Waals surface area contributed by atoms with E-state index < -0.39 is 187 Å². The molecular weight excluding hydrogens is 474 g/mol. The molecule has 0 fully saturated rings. The Balaban J connectivity index is 1.64. The van der Waals surface area contributed by atoms with Gasteiger partial charge in [0.2, 0.25) is 0 Å². The number of hydrogen-bond donors (Lipinski definition) is 0. The Morgan fingerprint density at radius 3 is 2.18 bits per heavy atom. The third-order valence-corrected chi connectivity index (χ3v) is 6.81. The summed E-state index contributed by atoms with van der Waals surface area (Å²) in [4.78, 5) is 0. The molecule has 2 nitrogen and oxygen atoms in total. The first-order chi connectivity index (χ1) is 27.9. The van der Waals surface area contributed by atoms with Gasteiger partial charge in [-0.05, 0) is 52.8 Å². The van der Waals surface area contributed by atoms with Gasteiger partial charge in [0.1, 0.15) is 11.5 Å². The molecule has 7 aromatic rings. The highest BCUT2D eigenvalue weighted by molar-refractivity contribution is 6.19. The molecule has 1 aliphatic rings. The second-order valence-electron chi connectivity index (χ2n) is 9.39. The van der Waals surface area contributed by atoms with Gasteiger partial charge in [-0.3, -0.25) is 0 Å². The Morgan fingerprint density at radius 1 is 0.590 bits per heavy atom. The number of para-hydroxylation sites is 2. The summed E-state index contributed by atoms with van der Waals surface area (Å²) in [6.45, 7) is 3.00. The molecule has 186 valence electrons. The number of aromatic nitrogens is 1. The Hall–Kier alpha value is -4.82. The second-order valence-corrected chi connectivity index (χ2v) is 9.39. The van der Waals surface area contributed by atoms with E-state index in [1.165, 1.54) is 13.8 Å². The van der Waals surface area contributed by atoms with Crippen molar-refractivity contribution in [1.29, 1.82) is 0 Å². The summed E-state index contributed by atoms with van der Waals surface area (Å²) in [6.07, 6.45) is 0. The van der Waals surface area contributed by atoms with Crippen LogP contribution in [0.25, 0.3) is 49.4 Å².